The first kappa shape index (κ1) is 12.5. The summed E-state index contributed by atoms with van der Waals surface area (Å²) in [6.45, 7) is 9.20. The van der Waals surface area contributed by atoms with Crippen molar-refractivity contribution in [3.8, 4) is 0 Å². The highest BCUT2D eigenvalue weighted by molar-refractivity contribution is 9.09. The minimum atomic E-state index is -0.234. The van der Waals surface area contributed by atoms with Gasteiger partial charge in [0.1, 0.15) is 0 Å². The van der Waals surface area contributed by atoms with Gasteiger partial charge in [-0.25, -0.2) is 0 Å². The highest BCUT2D eigenvalue weighted by atomic mass is 79.9. The summed E-state index contributed by atoms with van der Waals surface area (Å²) in [7, 11) is -0.109. The maximum atomic E-state index is 6.16. The van der Waals surface area contributed by atoms with Gasteiger partial charge >= 0.3 is 7.12 Å². The average molecular weight is 303 g/mol. The monoisotopic (exact) mass is 302 g/mol. The molecule has 96 valence electrons. The van der Waals surface area contributed by atoms with Gasteiger partial charge in [-0.15, -0.1) is 0 Å². The van der Waals surface area contributed by atoms with Crippen LogP contribution in [0.4, 0.5) is 0 Å². The lowest BCUT2D eigenvalue weighted by Gasteiger charge is -2.44. The Morgan fingerprint density at radius 3 is 2.00 bits per heavy atom. The van der Waals surface area contributed by atoms with Crippen LogP contribution in [0, 0.1) is 0 Å². The molecule has 3 saturated heterocycles. The van der Waals surface area contributed by atoms with E-state index in [1.54, 1.807) is 0 Å². The van der Waals surface area contributed by atoms with E-state index in [1.165, 1.54) is 0 Å². The Labute approximate surface area is 112 Å². The first-order valence-electron chi connectivity index (χ1n) is 6.30. The topological polar surface area (TPSA) is 27.7 Å². The fraction of sp³-hybridized carbons (Fsp3) is 1.00. The van der Waals surface area contributed by atoms with E-state index in [1.807, 2.05) is 0 Å². The smallest absolute Gasteiger partial charge is 0.403 e. The Bertz CT molecular complexity index is 334. The zero-order valence-electron chi connectivity index (χ0n) is 11.0. The van der Waals surface area contributed by atoms with Gasteiger partial charge in [-0.2, -0.15) is 0 Å². The summed E-state index contributed by atoms with van der Waals surface area (Å²) in [5.74, 6) is 0. The number of fused-ring (bicyclic) bond motifs is 1. The molecule has 3 heterocycles. The van der Waals surface area contributed by atoms with Crippen LogP contribution < -0.4 is 0 Å². The molecule has 4 aliphatic rings. The summed E-state index contributed by atoms with van der Waals surface area (Å²) in [5, 5.41) is 1.01. The van der Waals surface area contributed by atoms with Crippen molar-refractivity contribution in [2.45, 2.75) is 62.7 Å². The minimum absolute atomic E-state index is 0.0591. The SMILES string of the molecule is CC1(C)OB(C23COC(CBr)(C2)C3)OC1(C)C. The van der Waals surface area contributed by atoms with Crippen LogP contribution in [-0.4, -0.2) is 35.9 Å². The van der Waals surface area contributed by atoms with Gasteiger partial charge in [-0.1, -0.05) is 15.9 Å². The van der Waals surface area contributed by atoms with Gasteiger partial charge in [-0.3, -0.25) is 0 Å². The van der Waals surface area contributed by atoms with Crippen molar-refractivity contribution in [3.05, 3.63) is 0 Å². The largest absolute Gasteiger partial charge is 0.467 e. The Hall–Kier alpha value is 0.425. The molecule has 4 rings (SSSR count). The van der Waals surface area contributed by atoms with Crippen LogP contribution in [0.5, 0.6) is 0 Å². The van der Waals surface area contributed by atoms with Crippen molar-refractivity contribution in [3.63, 3.8) is 0 Å². The van der Waals surface area contributed by atoms with Gasteiger partial charge in [0.05, 0.1) is 23.4 Å². The lowest BCUT2D eigenvalue weighted by Crippen LogP contribution is -2.50. The van der Waals surface area contributed by atoms with Gasteiger partial charge in [0.2, 0.25) is 0 Å². The zero-order chi connectivity index (χ0) is 12.5. The third kappa shape index (κ3) is 1.52. The lowest BCUT2D eigenvalue weighted by molar-refractivity contribution is 0.00578. The summed E-state index contributed by atoms with van der Waals surface area (Å²) in [5.41, 5.74) is -0.410. The van der Waals surface area contributed by atoms with Crippen molar-refractivity contribution in [1.82, 2.24) is 0 Å². The number of hydrogen-bond acceptors (Lipinski definition) is 3. The number of ether oxygens (including phenoxy) is 1. The standard InChI is InChI=1S/C12H20BBrO3/c1-9(2)10(3,4)17-13(16-9)11-5-12(6-11,7-14)15-8-11/h5-8H2,1-4H3. The van der Waals surface area contributed by atoms with Crippen molar-refractivity contribution in [2.75, 3.05) is 11.9 Å². The van der Waals surface area contributed by atoms with E-state index in [9.17, 15) is 0 Å². The van der Waals surface area contributed by atoms with Gasteiger partial charge < -0.3 is 14.0 Å². The summed E-state index contributed by atoms with van der Waals surface area (Å²) in [4.78, 5) is 0. The zero-order valence-corrected chi connectivity index (χ0v) is 12.6. The molecule has 0 aromatic rings. The molecule has 3 nitrogen and oxygen atoms in total. The highest BCUT2D eigenvalue weighted by Gasteiger charge is 2.72. The van der Waals surface area contributed by atoms with E-state index in [4.69, 9.17) is 14.0 Å². The molecular formula is C12H20BBrO3. The van der Waals surface area contributed by atoms with Crippen LogP contribution in [-0.2, 0) is 14.0 Å². The van der Waals surface area contributed by atoms with Crippen molar-refractivity contribution >= 4 is 23.0 Å². The second kappa shape index (κ2) is 3.30. The molecule has 5 heteroatoms. The Morgan fingerprint density at radius 1 is 1.06 bits per heavy atom. The first-order chi connectivity index (χ1) is 7.74. The second-order valence-electron chi connectivity index (χ2n) is 6.91. The van der Waals surface area contributed by atoms with Crippen LogP contribution in [0.15, 0.2) is 0 Å². The fourth-order valence-electron chi connectivity index (χ4n) is 3.19. The maximum Gasteiger partial charge on any atom is 0.467 e. The molecule has 17 heavy (non-hydrogen) atoms. The summed E-state index contributed by atoms with van der Waals surface area (Å²) in [6.07, 6.45) is 2.12. The molecule has 0 amide bonds. The molecule has 4 fully saturated rings. The van der Waals surface area contributed by atoms with Crippen LogP contribution in [0.3, 0.4) is 0 Å². The molecule has 0 unspecified atom stereocenters. The number of rotatable bonds is 2. The summed E-state index contributed by atoms with van der Waals surface area (Å²) >= 11 is 3.54. The molecule has 0 atom stereocenters. The number of halogens is 1. The van der Waals surface area contributed by atoms with Crippen LogP contribution >= 0.6 is 15.9 Å². The molecule has 0 radical (unpaired) electrons. The van der Waals surface area contributed by atoms with Gasteiger partial charge in [0.15, 0.2) is 0 Å². The maximum absolute atomic E-state index is 6.16. The number of alkyl halides is 1. The minimum Gasteiger partial charge on any atom is -0.403 e. The van der Waals surface area contributed by atoms with Crippen molar-refractivity contribution < 1.29 is 14.0 Å². The Balaban J connectivity index is 1.78. The molecule has 1 saturated carbocycles. The first-order valence-corrected chi connectivity index (χ1v) is 7.42. The number of hydrogen-bond donors (Lipinski definition) is 0. The second-order valence-corrected chi connectivity index (χ2v) is 7.47. The van der Waals surface area contributed by atoms with E-state index in [-0.39, 0.29) is 29.2 Å². The van der Waals surface area contributed by atoms with Gasteiger partial charge in [-0.05, 0) is 40.5 Å². The van der Waals surface area contributed by atoms with Crippen LogP contribution in [0.1, 0.15) is 40.5 Å². The normalized spacial score (nSPS) is 46.1. The summed E-state index contributed by atoms with van der Waals surface area (Å²) < 4.78 is 18.2. The quantitative estimate of drug-likeness (QED) is 0.580. The van der Waals surface area contributed by atoms with Gasteiger partial charge in [0.25, 0.3) is 0 Å². The van der Waals surface area contributed by atoms with E-state index in [0.29, 0.717) is 0 Å². The Kier molecular flexibility index (Phi) is 2.42. The molecule has 1 aliphatic carbocycles. The third-order valence-corrected chi connectivity index (χ3v) is 6.03. The average Bonchev–Trinajstić information content (AvgIpc) is 2.75. The van der Waals surface area contributed by atoms with E-state index >= 15 is 0 Å². The Morgan fingerprint density at radius 2 is 1.59 bits per heavy atom. The van der Waals surface area contributed by atoms with Crippen molar-refractivity contribution in [2.24, 2.45) is 0 Å². The van der Waals surface area contributed by atoms with E-state index < -0.39 is 0 Å². The molecular weight excluding hydrogens is 283 g/mol. The molecule has 0 spiro atoms. The fourth-order valence-corrected chi connectivity index (χ4v) is 3.75. The third-order valence-electron chi connectivity index (χ3n) is 5.01. The van der Waals surface area contributed by atoms with Gasteiger partial charge in [0, 0.05) is 10.6 Å². The van der Waals surface area contributed by atoms with Crippen molar-refractivity contribution in [1.29, 1.82) is 0 Å². The predicted molar refractivity (Wildman–Crippen MR) is 70.5 cm³/mol. The van der Waals surface area contributed by atoms with E-state index in [2.05, 4.69) is 43.6 Å². The molecule has 0 aromatic heterocycles. The highest BCUT2D eigenvalue weighted by Crippen LogP contribution is 2.67. The van der Waals surface area contributed by atoms with E-state index in [0.717, 1.165) is 24.8 Å². The molecule has 2 bridgehead atoms. The lowest BCUT2D eigenvalue weighted by atomic mass is 9.45. The predicted octanol–water partition coefficient (Wildman–Crippen LogP) is 2.78. The molecule has 0 aromatic carbocycles. The van der Waals surface area contributed by atoms with Crippen LogP contribution in [0.2, 0.25) is 5.31 Å². The molecule has 3 aliphatic heterocycles. The molecule has 0 N–H and O–H groups in total. The summed E-state index contributed by atoms with van der Waals surface area (Å²) in [6, 6.07) is 0. The van der Waals surface area contributed by atoms with Crippen LogP contribution in [0.25, 0.3) is 0 Å².